The van der Waals surface area contributed by atoms with Crippen molar-refractivity contribution in [1.82, 2.24) is 15.2 Å². The zero-order valence-corrected chi connectivity index (χ0v) is 13.5. The van der Waals surface area contributed by atoms with Crippen molar-refractivity contribution in [2.24, 2.45) is 5.84 Å². The Bertz CT molecular complexity index is 458. The van der Waals surface area contributed by atoms with Gasteiger partial charge in [-0.2, -0.15) is 5.10 Å². The Kier molecular flexibility index (Phi) is 6.22. The number of ether oxygens (including phenoxy) is 1. The number of nitrogens with zero attached hydrogens (tertiary/aromatic N) is 2. The van der Waals surface area contributed by atoms with Gasteiger partial charge in [0.05, 0.1) is 35.6 Å². The highest BCUT2D eigenvalue weighted by Gasteiger charge is 2.20. The van der Waals surface area contributed by atoms with Crippen LogP contribution in [0.5, 0.6) is 0 Å². The van der Waals surface area contributed by atoms with E-state index in [9.17, 15) is 0 Å². The second kappa shape index (κ2) is 7.93. The molecule has 1 aromatic rings. The molecule has 1 aliphatic carbocycles. The van der Waals surface area contributed by atoms with Crippen LogP contribution in [-0.2, 0) is 11.3 Å². The minimum atomic E-state index is 0.0769. The third-order valence-corrected chi connectivity index (χ3v) is 4.33. The normalized spacial score (nSPS) is 17.1. The molecule has 3 N–H and O–H groups in total. The van der Waals surface area contributed by atoms with E-state index in [1.165, 1.54) is 31.3 Å². The number of hydrazine groups is 1. The van der Waals surface area contributed by atoms with Gasteiger partial charge in [-0.1, -0.05) is 11.6 Å². The zero-order valence-electron chi connectivity index (χ0n) is 11.9. The Morgan fingerprint density at radius 3 is 3.05 bits per heavy atom. The standard InChI is InChI=1S/C14H23BrN4O/c1-20-8-7-19-14(12(15)10-17-19)13(18-16)9-11-5-3-2-4-6-11/h5,10,13,18H,2-4,6-9,16H2,1H3. The largest absolute Gasteiger partial charge is 0.383 e. The Morgan fingerprint density at radius 2 is 2.40 bits per heavy atom. The SMILES string of the molecule is COCCn1ncc(Br)c1C(CC1=CCCCC1)NN. The molecule has 0 fully saturated rings. The summed E-state index contributed by atoms with van der Waals surface area (Å²) in [6.07, 6.45) is 10.1. The first kappa shape index (κ1) is 15.7. The van der Waals surface area contributed by atoms with Crippen LogP contribution in [0.2, 0.25) is 0 Å². The number of halogens is 1. The molecular weight excluding hydrogens is 320 g/mol. The van der Waals surface area contributed by atoms with E-state index in [-0.39, 0.29) is 6.04 Å². The molecule has 1 aliphatic rings. The molecule has 0 saturated carbocycles. The fraction of sp³-hybridized carbons (Fsp3) is 0.643. The molecule has 0 aliphatic heterocycles. The van der Waals surface area contributed by atoms with Crippen LogP contribution in [0.25, 0.3) is 0 Å². The number of aromatic nitrogens is 2. The maximum absolute atomic E-state index is 5.78. The van der Waals surface area contributed by atoms with Gasteiger partial charge in [0.1, 0.15) is 0 Å². The van der Waals surface area contributed by atoms with Crippen LogP contribution in [0.15, 0.2) is 22.3 Å². The average Bonchev–Trinajstić information content (AvgIpc) is 2.84. The minimum absolute atomic E-state index is 0.0769. The molecule has 5 nitrogen and oxygen atoms in total. The number of hydrogen-bond donors (Lipinski definition) is 2. The van der Waals surface area contributed by atoms with E-state index in [0.717, 1.165) is 23.1 Å². The molecule has 1 aromatic heterocycles. The monoisotopic (exact) mass is 342 g/mol. The van der Waals surface area contributed by atoms with Crippen molar-refractivity contribution in [3.63, 3.8) is 0 Å². The molecule has 0 spiro atoms. The number of allylic oxidation sites excluding steroid dienone is 1. The van der Waals surface area contributed by atoms with Crippen LogP contribution < -0.4 is 11.3 Å². The van der Waals surface area contributed by atoms with Crippen LogP contribution in [-0.4, -0.2) is 23.5 Å². The summed E-state index contributed by atoms with van der Waals surface area (Å²) in [6.45, 7) is 1.37. The molecule has 112 valence electrons. The first-order valence-electron chi connectivity index (χ1n) is 7.10. The van der Waals surface area contributed by atoms with Crippen molar-refractivity contribution < 1.29 is 4.74 Å². The maximum Gasteiger partial charge on any atom is 0.0713 e. The summed E-state index contributed by atoms with van der Waals surface area (Å²) < 4.78 is 8.09. The van der Waals surface area contributed by atoms with E-state index < -0.39 is 0 Å². The second-order valence-electron chi connectivity index (χ2n) is 5.13. The topological polar surface area (TPSA) is 65.1 Å². The van der Waals surface area contributed by atoms with Crippen molar-refractivity contribution in [1.29, 1.82) is 0 Å². The van der Waals surface area contributed by atoms with Crippen LogP contribution in [0.1, 0.15) is 43.8 Å². The number of rotatable bonds is 7. The summed E-state index contributed by atoms with van der Waals surface area (Å²) in [4.78, 5) is 0. The zero-order chi connectivity index (χ0) is 14.4. The molecule has 0 radical (unpaired) electrons. The maximum atomic E-state index is 5.78. The van der Waals surface area contributed by atoms with Gasteiger partial charge in [0, 0.05) is 7.11 Å². The fourth-order valence-electron chi connectivity index (χ4n) is 2.66. The van der Waals surface area contributed by atoms with Gasteiger partial charge in [-0.15, -0.1) is 0 Å². The van der Waals surface area contributed by atoms with Crippen molar-refractivity contribution in [2.45, 2.75) is 44.7 Å². The average molecular weight is 343 g/mol. The van der Waals surface area contributed by atoms with Gasteiger partial charge in [0.2, 0.25) is 0 Å². The Morgan fingerprint density at radius 1 is 1.55 bits per heavy atom. The highest BCUT2D eigenvalue weighted by molar-refractivity contribution is 9.10. The fourth-order valence-corrected chi connectivity index (χ4v) is 3.23. The van der Waals surface area contributed by atoms with E-state index in [1.807, 2.05) is 10.9 Å². The molecule has 0 bridgehead atoms. The smallest absolute Gasteiger partial charge is 0.0713 e. The van der Waals surface area contributed by atoms with E-state index >= 15 is 0 Å². The Labute approximate surface area is 128 Å². The lowest BCUT2D eigenvalue weighted by atomic mass is 9.93. The van der Waals surface area contributed by atoms with Crippen molar-refractivity contribution in [3.8, 4) is 0 Å². The van der Waals surface area contributed by atoms with Gasteiger partial charge in [-0.05, 0) is 48.0 Å². The van der Waals surface area contributed by atoms with Crippen molar-refractivity contribution in [3.05, 3.63) is 28.0 Å². The molecule has 1 atom stereocenters. The first-order valence-corrected chi connectivity index (χ1v) is 7.89. The number of hydrogen-bond acceptors (Lipinski definition) is 4. The molecular formula is C14H23BrN4O. The van der Waals surface area contributed by atoms with Gasteiger partial charge < -0.3 is 4.74 Å². The van der Waals surface area contributed by atoms with Gasteiger partial charge >= 0.3 is 0 Å². The highest BCUT2D eigenvalue weighted by Crippen LogP contribution is 2.30. The lowest BCUT2D eigenvalue weighted by Crippen LogP contribution is -2.31. The summed E-state index contributed by atoms with van der Waals surface area (Å²) in [5, 5.41) is 4.39. The van der Waals surface area contributed by atoms with E-state index in [2.05, 4.69) is 32.5 Å². The Balaban J connectivity index is 2.13. The summed E-state index contributed by atoms with van der Waals surface area (Å²) in [7, 11) is 1.70. The Hall–Kier alpha value is -0.690. The summed E-state index contributed by atoms with van der Waals surface area (Å²) >= 11 is 3.58. The lowest BCUT2D eigenvalue weighted by molar-refractivity contribution is 0.181. The van der Waals surface area contributed by atoms with E-state index in [1.54, 1.807) is 7.11 Å². The predicted octanol–water partition coefficient (Wildman–Crippen LogP) is 2.69. The van der Waals surface area contributed by atoms with Crippen molar-refractivity contribution >= 4 is 15.9 Å². The molecule has 0 amide bonds. The lowest BCUT2D eigenvalue weighted by Gasteiger charge is -2.21. The highest BCUT2D eigenvalue weighted by atomic mass is 79.9. The van der Waals surface area contributed by atoms with E-state index in [4.69, 9.17) is 10.6 Å². The van der Waals surface area contributed by atoms with Crippen molar-refractivity contribution in [2.75, 3.05) is 13.7 Å². The van der Waals surface area contributed by atoms with Crippen LogP contribution in [0, 0.1) is 0 Å². The van der Waals surface area contributed by atoms with E-state index in [0.29, 0.717) is 6.61 Å². The molecule has 1 heterocycles. The minimum Gasteiger partial charge on any atom is -0.383 e. The quantitative estimate of drug-likeness (QED) is 0.454. The van der Waals surface area contributed by atoms with Crippen LogP contribution in [0.4, 0.5) is 0 Å². The van der Waals surface area contributed by atoms with Gasteiger partial charge in [0.15, 0.2) is 0 Å². The van der Waals surface area contributed by atoms with Gasteiger partial charge in [-0.25, -0.2) is 0 Å². The third-order valence-electron chi connectivity index (χ3n) is 3.72. The number of nitrogens with two attached hydrogens (primary N) is 1. The third kappa shape index (κ3) is 3.91. The predicted molar refractivity (Wildman–Crippen MR) is 83.0 cm³/mol. The van der Waals surface area contributed by atoms with Gasteiger partial charge in [-0.3, -0.25) is 16.0 Å². The summed E-state index contributed by atoms with van der Waals surface area (Å²) in [5.74, 6) is 5.78. The van der Waals surface area contributed by atoms with Gasteiger partial charge in [0.25, 0.3) is 0 Å². The molecule has 0 saturated heterocycles. The van der Waals surface area contributed by atoms with Crippen LogP contribution >= 0.6 is 15.9 Å². The first-order chi connectivity index (χ1) is 9.76. The molecule has 20 heavy (non-hydrogen) atoms. The molecule has 6 heteroatoms. The number of methoxy groups -OCH3 is 1. The molecule has 0 aromatic carbocycles. The van der Waals surface area contributed by atoms with Crippen LogP contribution in [0.3, 0.4) is 0 Å². The number of nitrogens with one attached hydrogen (secondary N) is 1. The summed E-state index contributed by atoms with van der Waals surface area (Å²) in [5.41, 5.74) is 5.52. The molecule has 1 unspecified atom stereocenters. The molecule has 2 rings (SSSR count). The summed E-state index contributed by atoms with van der Waals surface area (Å²) in [6, 6.07) is 0.0769. The second-order valence-corrected chi connectivity index (χ2v) is 5.98.